The average molecular weight is 843 g/mol. The molecule has 20 heteroatoms. The first-order valence-electron chi connectivity index (χ1n) is 16.3. The number of nitrogens with zero attached hydrogens (tertiary/aromatic N) is 2. The summed E-state index contributed by atoms with van der Waals surface area (Å²) < 4.78 is 126. The number of allylic oxidation sites excluding steroid dienone is 4. The van der Waals surface area contributed by atoms with E-state index in [1.807, 2.05) is 0 Å². The number of rotatable bonds is 16. The van der Waals surface area contributed by atoms with Crippen LogP contribution in [-0.2, 0) is 65.3 Å². The Balaban J connectivity index is 1.75. The topological polar surface area (TPSA) is 250 Å². The van der Waals surface area contributed by atoms with Gasteiger partial charge in [-0.1, -0.05) is 35.4 Å². The SMILES string of the molecule is CC1(CS(=O)(=O)O)C(/C=C/C=C2/N(CCCS(=O)[O-])c3ccc4ccc(S(=O)O)cc4c3C2(C)CS(=O)O)=[N+](CCCS(=O)O)c2cc(C(=O)O)ccc21. The van der Waals surface area contributed by atoms with Crippen molar-refractivity contribution in [2.24, 2.45) is 0 Å². The van der Waals surface area contributed by atoms with Gasteiger partial charge in [-0.25, -0.2) is 17.4 Å². The minimum Gasteiger partial charge on any atom is -0.772 e. The van der Waals surface area contributed by atoms with Crippen LogP contribution in [0.5, 0.6) is 0 Å². The van der Waals surface area contributed by atoms with Crippen LogP contribution in [0.1, 0.15) is 48.2 Å². The summed E-state index contributed by atoms with van der Waals surface area (Å²) in [6, 6.07) is 12.4. The zero-order chi connectivity index (χ0) is 39.7. The summed E-state index contributed by atoms with van der Waals surface area (Å²) in [6.07, 6.45) is 5.06. The largest absolute Gasteiger partial charge is 0.772 e. The van der Waals surface area contributed by atoms with E-state index in [2.05, 4.69) is 0 Å². The van der Waals surface area contributed by atoms with E-state index in [1.165, 1.54) is 30.3 Å². The predicted molar refractivity (Wildman–Crippen MR) is 206 cm³/mol. The van der Waals surface area contributed by atoms with Gasteiger partial charge in [-0.2, -0.15) is 13.0 Å². The van der Waals surface area contributed by atoms with Crippen molar-refractivity contribution in [3.63, 3.8) is 0 Å². The fourth-order valence-electron chi connectivity index (χ4n) is 7.53. The molecule has 3 aromatic rings. The van der Waals surface area contributed by atoms with E-state index >= 15 is 0 Å². The van der Waals surface area contributed by atoms with Crippen molar-refractivity contribution in [2.45, 2.75) is 42.4 Å². The molecule has 54 heavy (non-hydrogen) atoms. The molecule has 6 atom stereocenters. The maximum atomic E-state index is 12.6. The highest BCUT2D eigenvalue weighted by molar-refractivity contribution is 7.85. The summed E-state index contributed by atoms with van der Waals surface area (Å²) in [6.45, 7) is 3.50. The minimum absolute atomic E-state index is 0.0609. The Kier molecular flexibility index (Phi) is 12.7. The summed E-state index contributed by atoms with van der Waals surface area (Å²) in [5.74, 6) is -2.71. The number of aromatic carboxylic acids is 1. The van der Waals surface area contributed by atoms with Gasteiger partial charge in [0.15, 0.2) is 39.0 Å². The van der Waals surface area contributed by atoms with Gasteiger partial charge in [0.25, 0.3) is 10.1 Å². The molecule has 2 aliphatic heterocycles. The van der Waals surface area contributed by atoms with Crippen molar-refractivity contribution >= 4 is 88.3 Å². The molecule has 0 amide bonds. The fourth-order valence-corrected chi connectivity index (χ4v) is 10.5. The van der Waals surface area contributed by atoms with E-state index in [0.717, 1.165) is 0 Å². The van der Waals surface area contributed by atoms with Gasteiger partial charge in [0.05, 0.1) is 33.1 Å². The Labute approximate surface area is 321 Å². The van der Waals surface area contributed by atoms with Gasteiger partial charge in [0.2, 0.25) is 5.69 Å². The summed E-state index contributed by atoms with van der Waals surface area (Å²) in [4.78, 5) is 13.9. The Morgan fingerprint density at radius 1 is 0.944 bits per heavy atom. The second-order valence-corrected chi connectivity index (χ2v) is 18.7. The van der Waals surface area contributed by atoms with E-state index < -0.39 is 77.0 Å². The van der Waals surface area contributed by atoms with E-state index in [0.29, 0.717) is 44.7 Å². The highest BCUT2D eigenvalue weighted by atomic mass is 32.2. The molecule has 0 saturated heterocycles. The first-order chi connectivity index (χ1) is 25.3. The Hall–Kier alpha value is -3.31. The maximum absolute atomic E-state index is 12.6. The lowest BCUT2D eigenvalue weighted by molar-refractivity contribution is -0.437. The number of fused-ring (bicyclic) bond motifs is 4. The summed E-state index contributed by atoms with van der Waals surface area (Å²) in [7, 11) is -4.65. The first kappa shape index (κ1) is 41.8. The smallest absolute Gasteiger partial charge is 0.335 e. The summed E-state index contributed by atoms with van der Waals surface area (Å²) in [5, 5.41) is 11.0. The van der Waals surface area contributed by atoms with Crippen LogP contribution < -0.4 is 4.90 Å². The summed E-state index contributed by atoms with van der Waals surface area (Å²) in [5.41, 5.74) is -0.195. The Bertz CT molecular complexity index is 2330. The molecule has 0 bridgehead atoms. The van der Waals surface area contributed by atoms with Gasteiger partial charge >= 0.3 is 5.97 Å². The Morgan fingerprint density at radius 2 is 1.65 bits per heavy atom. The number of benzene rings is 3. The molecule has 0 radical (unpaired) electrons. The second-order valence-electron chi connectivity index (χ2n) is 13.3. The van der Waals surface area contributed by atoms with E-state index in [9.17, 15) is 57.9 Å². The summed E-state index contributed by atoms with van der Waals surface area (Å²) >= 11 is -9.25. The van der Waals surface area contributed by atoms with Crippen molar-refractivity contribution in [1.29, 1.82) is 0 Å². The zero-order valence-corrected chi connectivity index (χ0v) is 33.0. The molecule has 3 aromatic carbocycles. The van der Waals surface area contributed by atoms with Gasteiger partial charge in [-0.15, -0.1) is 0 Å². The van der Waals surface area contributed by atoms with Crippen LogP contribution >= 0.6 is 0 Å². The van der Waals surface area contributed by atoms with Crippen LogP contribution in [-0.4, -0.2) is 105 Å². The van der Waals surface area contributed by atoms with Gasteiger partial charge in [0, 0.05) is 53.2 Å². The normalized spacial score (nSPS) is 22.9. The van der Waals surface area contributed by atoms with Crippen molar-refractivity contribution in [1.82, 2.24) is 0 Å². The van der Waals surface area contributed by atoms with Gasteiger partial charge in [0.1, 0.15) is 6.54 Å². The monoisotopic (exact) mass is 842 g/mol. The van der Waals surface area contributed by atoms with Crippen molar-refractivity contribution in [2.75, 3.05) is 41.0 Å². The number of carboxylic acid groups (broad SMARTS) is 1. The molecule has 0 fully saturated rings. The van der Waals surface area contributed by atoms with Crippen LogP contribution in [0.15, 0.2) is 77.4 Å². The van der Waals surface area contributed by atoms with Crippen molar-refractivity contribution in [3.05, 3.63) is 89.1 Å². The predicted octanol–water partition coefficient (Wildman–Crippen LogP) is 3.68. The molecule has 0 spiro atoms. The fraction of sp³-hybridized carbons (Fsp3) is 0.353. The second kappa shape index (κ2) is 16.4. The lowest BCUT2D eigenvalue weighted by Crippen LogP contribution is -2.38. The highest BCUT2D eigenvalue weighted by Gasteiger charge is 2.51. The van der Waals surface area contributed by atoms with Crippen molar-refractivity contribution < 1.29 is 62.5 Å². The number of hydrogen-bond acceptors (Lipinski definition) is 9. The lowest BCUT2D eigenvalue weighted by atomic mass is 9.80. The van der Waals surface area contributed by atoms with Crippen LogP contribution in [0.25, 0.3) is 10.8 Å². The first-order valence-corrected chi connectivity index (χ1v) is 22.8. The molecule has 0 aliphatic carbocycles. The highest BCUT2D eigenvalue weighted by Crippen LogP contribution is 2.52. The van der Waals surface area contributed by atoms with Crippen LogP contribution in [0.4, 0.5) is 11.4 Å². The molecule has 15 nitrogen and oxygen atoms in total. The minimum atomic E-state index is -4.65. The van der Waals surface area contributed by atoms with Crippen LogP contribution in [0.3, 0.4) is 0 Å². The quantitative estimate of drug-likeness (QED) is 0.0785. The van der Waals surface area contributed by atoms with Crippen LogP contribution in [0, 0.1) is 0 Å². The molecular formula is C34H38N2O13S5. The van der Waals surface area contributed by atoms with Gasteiger partial charge < -0.3 is 28.2 Å². The number of hydrogen-bond donors (Lipinski definition) is 5. The third-order valence-corrected chi connectivity index (χ3v) is 13.3. The standard InChI is InChI=1S/C34H38N2O13S5/c1-33(20-52(43)44)29(35(14-4-16-50(39)40)27-13-10-22-8-11-24(53(45)46)19-25(22)31(27)33)6-3-7-30-34(2,21-54(47,48)49)26-12-9-23(32(37)38)18-28(26)36(30)15-5-17-51(41)42/h3,6-13,18-19H,4-5,14-17,20-21H2,1-2H3,(H5-,37,38,39,40,41,42,43,44,45,46,47,48,49). The maximum Gasteiger partial charge on any atom is 0.335 e. The lowest BCUT2D eigenvalue weighted by Gasteiger charge is -2.29. The van der Waals surface area contributed by atoms with E-state index in [1.54, 1.807) is 59.8 Å². The van der Waals surface area contributed by atoms with Gasteiger partial charge in [-0.05, 0) is 66.9 Å². The molecule has 2 aliphatic rings. The van der Waals surface area contributed by atoms with Crippen LogP contribution in [0.2, 0.25) is 0 Å². The zero-order valence-electron chi connectivity index (χ0n) is 28.9. The molecule has 292 valence electrons. The molecule has 0 aromatic heterocycles. The van der Waals surface area contributed by atoms with Crippen molar-refractivity contribution in [3.8, 4) is 0 Å². The molecule has 5 rings (SSSR count). The van der Waals surface area contributed by atoms with Gasteiger partial charge in [-0.3, -0.25) is 8.76 Å². The molecule has 2 heterocycles. The number of anilines is 1. The number of carbonyl (C=O) groups is 1. The average Bonchev–Trinajstić information content (AvgIpc) is 3.42. The Morgan fingerprint density at radius 3 is 2.26 bits per heavy atom. The molecule has 0 saturated carbocycles. The van der Waals surface area contributed by atoms with E-state index in [-0.39, 0.29) is 53.6 Å². The molecule has 6 unspecified atom stereocenters. The third kappa shape index (κ3) is 8.72. The number of carboxylic acids is 1. The molecule has 5 N–H and O–H groups in total. The third-order valence-electron chi connectivity index (χ3n) is 9.64. The van der Waals surface area contributed by atoms with E-state index in [4.69, 9.17) is 0 Å². The molecular weight excluding hydrogens is 805 g/mol.